The van der Waals surface area contributed by atoms with Gasteiger partial charge in [-0.2, -0.15) is 4.39 Å². The van der Waals surface area contributed by atoms with Gasteiger partial charge in [0.15, 0.2) is 0 Å². The first-order chi connectivity index (χ1) is 7.77. The summed E-state index contributed by atoms with van der Waals surface area (Å²) < 4.78 is 11.8. The molecule has 1 nitrogen and oxygen atoms in total. The summed E-state index contributed by atoms with van der Waals surface area (Å²) in [7, 11) is 0. The molecule has 0 bridgehead atoms. The Hall–Kier alpha value is -0.660. The van der Waals surface area contributed by atoms with E-state index in [0.717, 1.165) is 19.3 Å². The van der Waals surface area contributed by atoms with Crippen molar-refractivity contribution in [1.82, 2.24) is 0 Å². The van der Waals surface area contributed by atoms with Crippen LogP contribution in [0.3, 0.4) is 0 Å². The van der Waals surface area contributed by atoms with E-state index < -0.39 is 6.04 Å². The van der Waals surface area contributed by atoms with Gasteiger partial charge in [0.1, 0.15) is 0 Å². The van der Waals surface area contributed by atoms with E-state index in [-0.39, 0.29) is 6.42 Å². The number of carbonyl (C=O) groups excluding carboxylic acids is 1. The minimum atomic E-state index is -1.17. The summed E-state index contributed by atoms with van der Waals surface area (Å²) in [6.45, 7) is 2.20. The molecule has 0 atom stereocenters. The van der Waals surface area contributed by atoms with E-state index in [1.807, 2.05) is 0 Å². The van der Waals surface area contributed by atoms with Gasteiger partial charge in [0, 0.05) is 6.42 Å². The van der Waals surface area contributed by atoms with Crippen LogP contribution in [0.15, 0.2) is 12.2 Å². The molecule has 0 aliphatic heterocycles. The Morgan fingerprint density at radius 1 is 0.938 bits per heavy atom. The molecule has 0 N–H and O–H groups in total. The van der Waals surface area contributed by atoms with Crippen LogP contribution in [0, 0.1) is 0 Å². The Balaban J connectivity index is 3.03. The van der Waals surface area contributed by atoms with Gasteiger partial charge in [0.25, 0.3) is 0 Å². The summed E-state index contributed by atoms with van der Waals surface area (Å²) in [5.41, 5.74) is 0. The van der Waals surface area contributed by atoms with E-state index in [1.54, 1.807) is 0 Å². The predicted octanol–water partition coefficient (Wildman–Crippen LogP) is 4.96. The van der Waals surface area contributed by atoms with Gasteiger partial charge >= 0.3 is 6.04 Å². The highest BCUT2D eigenvalue weighted by Gasteiger charge is 1.96. The Bertz CT molecular complexity index is 187. The van der Waals surface area contributed by atoms with E-state index in [1.165, 1.54) is 32.1 Å². The molecule has 94 valence electrons. The minimum absolute atomic E-state index is 0.108. The topological polar surface area (TPSA) is 17.1 Å². The first-order valence-corrected chi connectivity index (χ1v) is 6.60. The van der Waals surface area contributed by atoms with E-state index in [9.17, 15) is 9.18 Å². The van der Waals surface area contributed by atoms with Crippen molar-refractivity contribution in [3.05, 3.63) is 12.2 Å². The maximum Gasteiger partial charge on any atom is 0.301 e. The first kappa shape index (κ1) is 15.3. The number of unbranched alkanes of at least 4 members (excludes halogenated alkanes) is 7. The summed E-state index contributed by atoms with van der Waals surface area (Å²) in [6, 6.07) is -1.17. The summed E-state index contributed by atoms with van der Waals surface area (Å²) >= 11 is 0. The highest BCUT2D eigenvalue weighted by Crippen LogP contribution is 2.08. The molecule has 2 heteroatoms. The normalized spacial score (nSPS) is 11.1. The number of halogens is 1. The van der Waals surface area contributed by atoms with Crippen LogP contribution in [-0.4, -0.2) is 6.04 Å². The van der Waals surface area contributed by atoms with Crippen LogP contribution in [0.5, 0.6) is 0 Å². The highest BCUT2D eigenvalue weighted by molar-refractivity contribution is 5.67. The van der Waals surface area contributed by atoms with Gasteiger partial charge in [0.2, 0.25) is 0 Å². The van der Waals surface area contributed by atoms with Gasteiger partial charge in [-0.25, -0.2) is 0 Å². The predicted molar refractivity (Wildman–Crippen MR) is 67.1 cm³/mol. The molecular weight excluding hydrogens is 203 g/mol. The standard InChI is InChI=1S/C14H25FO/c1-2-3-4-5-6-7-8-9-10-11-12-13-14(15)16/h5-6H,2-4,7-13H2,1H3/b6-5-. The molecule has 0 fully saturated rings. The van der Waals surface area contributed by atoms with E-state index in [0.29, 0.717) is 6.42 Å². The maximum atomic E-state index is 11.8. The van der Waals surface area contributed by atoms with Crippen molar-refractivity contribution < 1.29 is 9.18 Å². The largest absolute Gasteiger partial charge is 0.301 e. The first-order valence-electron chi connectivity index (χ1n) is 6.60. The average molecular weight is 228 g/mol. The quantitative estimate of drug-likeness (QED) is 0.277. The van der Waals surface area contributed by atoms with Crippen LogP contribution < -0.4 is 0 Å². The third-order valence-corrected chi connectivity index (χ3v) is 2.64. The Kier molecular flexibility index (Phi) is 11.9. The summed E-state index contributed by atoms with van der Waals surface area (Å²) in [6.07, 6.45) is 14.8. The fraction of sp³-hybridized carbons (Fsp3) is 0.786. The van der Waals surface area contributed by atoms with Crippen LogP contribution in [0.4, 0.5) is 4.39 Å². The molecule has 0 aromatic heterocycles. The van der Waals surface area contributed by atoms with E-state index in [4.69, 9.17) is 0 Å². The van der Waals surface area contributed by atoms with Crippen molar-refractivity contribution in [2.75, 3.05) is 0 Å². The molecule has 0 rings (SSSR count). The Morgan fingerprint density at radius 3 is 2.12 bits per heavy atom. The van der Waals surface area contributed by atoms with Crippen LogP contribution in [-0.2, 0) is 4.79 Å². The van der Waals surface area contributed by atoms with Crippen molar-refractivity contribution in [3.63, 3.8) is 0 Å². The Morgan fingerprint density at radius 2 is 1.50 bits per heavy atom. The van der Waals surface area contributed by atoms with Gasteiger partial charge < -0.3 is 0 Å². The van der Waals surface area contributed by atoms with Crippen LogP contribution in [0.25, 0.3) is 0 Å². The fourth-order valence-electron chi connectivity index (χ4n) is 1.61. The van der Waals surface area contributed by atoms with Crippen molar-refractivity contribution >= 4 is 6.04 Å². The van der Waals surface area contributed by atoms with E-state index >= 15 is 0 Å². The minimum Gasteiger partial charge on any atom is -0.261 e. The van der Waals surface area contributed by atoms with Crippen molar-refractivity contribution in [2.45, 2.75) is 71.1 Å². The number of carbonyl (C=O) groups is 1. The third-order valence-electron chi connectivity index (χ3n) is 2.64. The van der Waals surface area contributed by atoms with Crippen LogP contribution in [0.1, 0.15) is 71.1 Å². The molecular formula is C14H25FO. The maximum absolute atomic E-state index is 11.8. The lowest BCUT2D eigenvalue weighted by Gasteiger charge is -1.97. The summed E-state index contributed by atoms with van der Waals surface area (Å²) in [5.74, 6) is 0. The number of hydrogen-bond acceptors (Lipinski definition) is 1. The van der Waals surface area contributed by atoms with Crippen molar-refractivity contribution in [1.29, 1.82) is 0 Å². The van der Waals surface area contributed by atoms with Gasteiger partial charge in [-0.1, -0.05) is 51.2 Å². The summed E-state index contributed by atoms with van der Waals surface area (Å²) in [4.78, 5) is 10.0. The summed E-state index contributed by atoms with van der Waals surface area (Å²) in [5, 5.41) is 0. The monoisotopic (exact) mass is 228 g/mol. The molecule has 0 heterocycles. The van der Waals surface area contributed by atoms with Crippen molar-refractivity contribution in [3.8, 4) is 0 Å². The fourth-order valence-corrected chi connectivity index (χ4v) is 1.61. The lowest BCUT2D eigenvalue weighted by molar-refractivity contribution is -0.129. The van der Waals surface area contributed by atoms with Gasteiger partial charge in [-0.05, 0) is 25.7 Å². The van der Waals surface area contributed by atoms with Crippen LogP contribution in [0.2, 0.25) is 0 Å². The molecule has 0 aliphatic carbocycles. The number of hydrogen-bond donors (Lipinski definition) is 0. The lowest BCUT2D eigenvalue weighted by atomic mass is 10.1. The molecule has 0 saturated heterocycles. The molecule has 0 aromatic rings. The molecule has 0 radical (unpaired) electrons. The molecule has 0 aromatic carbocycles. The second-order valence-electron chi connectivity index (χ2n) is 4.28. The number of rotatable bonds is 11. The van der Waals surface area contributed by atoms with Crippen LogP contribution >= 0.6 is 0 Å². The second kappa shape index (κ2) is 12.4. The molecule has 0 amide bonds. The third kappa shape index (κ3) is 13.3. The molecule has 0 saturated carbocycles. The Labute approximate surface area is 99.1 Å². The smallest absolute Gasteiger partial charge is 0.261 e. The highest BCUT2D eigenvalue weighted by atomic mass is 19.1. The van der Waals surface area contributed by atoms with E-state index in [2.05, 4.69) is 19.1 Å². The van der Waals surface area contributed by atoms with Gasteiger partial charge in [0.05, 0.1) is 0 Å². The molecule has 16 heavy (non-hydrogen) atoms. The lowest BCUT2D eigenvalue weighted by Crippen LogP contribution is -1.87. The zero-order chi connectivity index (χ0) is 12.1. The zero-order valence-corrected chi connectivity index (χ0v) is 10.5. The molecule has 0 aliphatic rings. The zero-order valence-electron chi connectivity index (χ0n) is 10.5. The van der Waals surface area contributed by atoms with Gasteiger partial charge in [-0.15, -0.1) is 0 Å². The molecule has 0 unspecified atom stereocenters. The number of allylic oxidation sites excluding steroid dienone is 2. The second-order valence-corrected chi connectivity index (χ2v) is 4.28. The van der Waals surface area contributed by atoms with Crippen molar-refractivity contribution in [2.24, 2.45) is 0 Å². The average Bonchev–Trinajstić information content (AvgIpc) is 2.25. The molecule has 0 spiro atoms. The van der Waals surface area contributed by atoms with Gasteiger partial charge in [-0.3, -0.25) is 4.79 Å². The SMILES string of the molecule is CCCC/C=C\CCCCCCCC(=O)F.